The van der Waals surface area contributed by atoms with Crippen LogP contribution in [0.3, 0.4) is 0 Å². The third kappa shape index (κ3) is 3.11. The summed E-state index contributed by atoms with van der Waals surface area (Å²) in [5.74, 6) is 1.14. The number of hydrogen-bond acceptors (Lipinski definition) is 1. The largest absolute Gasteiger partial charge is 0.388 e. The third-order valence-electron chi connectivity index (χ3n) is 4.09. The highest BCUT2D eigenvalue weighted by molar-refractivity contribution is 9.10. The van der Waals surface area contributed by atoms with E-state index in [0.29, 0.717) is 11.8 Å². The van der Waals surface area contributed by atoms with E-state index >= 15 is 0 Å². The van der Waals surface area contributed by atoms with Gasteiger partial charge in [-0.1, -0.05) is 60.7 Å². The van der Waals surface area contributed by atoms with Crippen molar-refractivity contribution in [1.29, 1.82) is 0 Å². The van der Waals surface area contributed by atoms with Crippen LogP contribution in [0.25, 0.3) is 0 Å². The summed E-state index contributed by atoms with van der Waals surface area (Å²) in [6, 6.07) is 8.10. The van der Waals surface area contributed by atoms with Crippen LogP contribution in [0.5, 0.6) is 0 Å². The van der Waals surface area contributed by atoms with Crippen LogP contribution in [-0.2, 0) is 0 Å². The van der Waals surface area contributed by atoms with E-state index in [1.54, 1.807) is 0 Å². The molecule has 1 nitrogen and oxygen atoms in total. The molecule has 1 saturated carbocycles. The van der Waals surface area contributed by atoms with E-state index < -0.39 is 0 Å². The van der Waals surface area contributed by atoms with Crippen LogP contribution in [0.1, 0.15) is 50.7 Å². The average Bonchev–Trinajstić information content (AvgIpc) is 2.38. The standard InChI is InChI=1S/C15H21BrO/c1-2-11-6-3-4-9-14(11)15(17)12-7-5-8-13(16)10-12/h5,7-8,10-11,14-15,17H,2-4,6,9H2,1H3. The van der Waals surface area contributed by atoms with E-state index in [0.717, 1.165) is 10.0 Å². The average molecular weight is 297 g/mol. The summed E-state index contributed by atoms with van der Waals surface area (Å²) in [7, 11) is 0. The highest BCUT2D eigenvalue weighted by Crippen LogP contribution is 2.40. The van der Waals surface area contributed by atoms with Crippen molar-refractivity contribution in [2.45, 2.75) is 45.1 Å². The van der Waals surface area contributed by atoms with Gasteiger partial charge >= 0.3 is 0 Å². The molecule has 0 spiro atoms. The van der Waals surface area contributed by atoms with Gasteiger partial charge in [-0.25, -0.2) is 0 Å². The first-order valence-corrected chi connectivity index (χ1v) is 7.45. The molecule has 2 heteroatoms. The topological polar surface area (TPSA) is 20.2 Å². The second kappa shape index (κ2) is 6.01. The Bertz CT molecular complexity index is 364. The molecule has 2 rings (SSSR count). The van der Waals surface area contributed by atoms with Crippen LogP contribution < -0.4 is 0 Å². The first-order valence-electron chi connectivity index (χ1n) is 6.66. The van der Waals surface area contributed by atoms with Gasteiger partial charge in [-0.2, -0.15) is 0 Å². The fraction of sp³-hybridized carbons (Fsp3) is 0.600. The Kier molecular flexibility index (Phi) is 4.63. The zero-order valence-electron chi connectivity index (χ0n) is 10.4. The third-order valence-corrected chi connectivity index (χ3v) is 4.58. The van der Waals surface area contributed by atoms with Gasteiger partial charge in [0.05, 0.1) is 6.10 Å². The molecular weight excluding hydrogens is 276 g/mol. The van der Waals surface area contributed by atoms with Crippen LogP contribution in [0.4, 0.5) is 0 Å². The Hall–Kier alpha value is -0.340. The van der Waals surface area contributed by atoms with Gasteiger partial charge in [0.25, 0.3) is 0 Å². The van der Waals surface area contributed by atoms with Crippen molar-refractivity contribution >= 4 is 15.9 Å². The minimum Gasteiger partial charge on any atom is -0.388 e. The molecule has 1 aliphatic carbocycles. The van der Waals surface area contributed by atoms with Crippen molar-refractivity contribution in [3.63, 3.8) is 0 Å². The van der Waals surface area contributed by atoms with Crippen molar-refractivity contribution in [2.75, 3.05) is 0 Å². The van der Waals surface area contributed by atoms with Gasteiger partial charge in [0, 0.05) is 4.47 Å². The summed E-state index contributed by atoms with van der Waals surface area (Å²) in [4.78, 5) is 0. The molecule has 3 atom stereocenters. The van der Waals surface area contributed by atoms with E-state index in [-0.39, 0.29) is 6.10 Å². The molecule has 1 N–H and O–H groups in total. The van der Waals surface area contributed by atoms with E-state index in [1.807, 2.05) is 24.3 Å². The SMILES string of the molecule is CCC1CCCCC1C(O)c1cccc(Br)c1. The lowest BCUT2D eigenvalue weighted by Gasteiger charge is -2.34. The zero-order valence-corrected chi connectivity index (χ0v) is 12.0. The van der Waals surface area contributed by atoms with Gasteiger partial charge in [-0.05, 0) is 36.0 Å². The number of aliphatic hydroxyl groups is 1. The van der Waals surface area contributed by atoms with Crippen LogP contribution in [-0.4, -0.2) is 5.11 Å². The molecule has 94 valence electrons. The Morgan fingerprint density at radius 2 is 2.12 bits per heavy atom. The predicted molar refractivity (Wildman–Crippen MR) is 74.8 cm³/mol. The van der Waals surface area contributed by atoms with Gasteiger partial charge in [-0.15, -0.1) is 0 Å². The number of hydrogen-bond donors (Lipinski definition) is 1. The van der Waals surface area contributed by atoms with Gasteiger partial charge in [0.2, 0.25) is 0 Å². The highest BCUT2D eigenvalue weighted by Gasteiger charge is 2.30. The lowest BCUT2D eigenvalue weighted by molar-refractivity contribution is 0.0451. The number of benzene rings is 1. The first kappa shape index (κ1) is 13.1. The summed E-state index contributed by atoms with van der Waals surface area (Å²) in [6.45, 7) is 2.25. The minimum atomic E-state index is -0.294. The van der Waals surface area contributed by atoms with E-state index in [2.05, 4.69) is 22.9 Å². The van der Waals surface area contributed by atoms with Crippen molar-refractivity contribution in [3.05, 3.63) is 34.3 Å². The molecule has 0 radical (unpaired) electrons. The fourth-order valence-electron chi connectivity index (χ4n) is 3.10. The smallest absolute Gasteiger partial charge is 0.0821 e. The Morgan fingerprint density at radius 3 is 2.82 bits per heavy atom. The molecule has 1 fully saturated rings. The lowest BCUT2D eigenvalue weighted by atomic mass is 9.73. The molecule has 0 saturated heterocycles. The molecule has 1 aromatic carbocycles. The molecule has 17 heavy (non-hydrogen) atoms. The monoisotopic (exact) mass is 296 g/mol. The Labute approximate surface area is 112 Å². The van der Waals surface area contributed by atoms with Gasteiger partial charge in [0.15, 0.2) is 0 Å². The molecule has 1 aromatic rings. The maximum absolute atomic E-state index is 10.6. The molecule has 0 heterocycles. The van der Waals surface area contributed by atoms with Crippen molar-refractivity contribution in [2.24, 2.45) is 11.8 Å². The molecule has 1 aliphatic rings. The Balaban J connectivity index is 2.15. The number of aliphatic hydroxyl groups excluding tert-OH is 1. The maximum atomic E-state index is 10.6. The van der Waals surface area contributed by atoms with E-state index in [9.17, 15) is 5.11 Å². The van der Waals surface area contributed by atoms with Crippen LogP contribution >= 0.6 is 15.9 Å². The molecule has 0 aromatic heterocycles. The normalized spacial score (nSPS) is 26.8. The van der Waals surface area contributed by atoms with Crippen LogP contribution in [0.2, 0.25) is 0 Å². The second-order valence-corrected chi connectivity index (χ2v) is 6.03. The van der Waals surface area contributed by atoms with Crippen LogP contribution in [0.15, 0.2) is 28.7 Å². The highest BCUT2D eigenvalue weighted by atomic mass is 79.9. The lowest BCUT2D eigenvalue weighted by Crippen LogP contribution is -2.25. The quantitative estimate of drug-likeness (QED) is 0.857. The summed E-state index contributed by atoms with van der Waals surface area (Å²) in [5, 5.41) is 10.6. The van der Waals surface area contributed by atoms with Crippen LogP contribution in [0, 0.1) is 11.8 Å². The van der Waals surface area contributed by atoms with Crippen molar-refractivity contribution in [3.8, 4) is 0 Å². The number of halogens is 1. The summed E-state index contributed by atoms with van der Waals surface area (Å²) < 4.78 is 1.05. The van der Waals surface area contributed by atoms with Gasteiger partial charge in [-0.3, -0.25) is 0 Å². The molecule has 0 aliphatic heterocycles. The Morgan fingerprint density at radius 1 is 1.35 bits per heavy atom. The summed E-state index contributed by atoms with van der Waals surface area (Å²) >= 11 is 3.48. The summed E-state index contributed by atoms with van der Waals surface area (Å²) in [6.07, 6.45) is 5.96. The molecule has 0 amide bonds. The van der Waals surface area contributed by atoms with E-state index in [4.69, 9.17) is 0 Å². The molecule has 3 unspecified atom stereocenters. The van der Waals surface area contributed by atoms with E-state index in [1.165, 1.54) is 32.1 Å². The molecular formula is C15H21BrO. The predicted octanol–water partition coefficient (Wildman–Crippen LogP) is 4.70. The molecule has 0 bridgehead atoms. The minimum absolute atomic E-state index is 0.294. The number of rotatable bonds is 3. The zero-order chi connectivity index (χ0) is 12.3. The second-order valence-electron chi connectivity index (χ2n) is 5.12. The van der Waals surface area contributed by atoms with Crippen molar-refractivity contribution in [1.82, 2.24) is 0 Å². The van der Waals surface area contributed by atoms with Crippen molar-refractivity contribution < 1.29 is 5.11 Å². The van der Waals surface area contributed by atoms with Gasteiger partial charge < -0.3 is 5.11 Å². The maximum Gasteiger partial charge on any atom is 0.0821 e. The summed E-state index contributed by atoms with van der Waals surface area (Å²) in [5.41, 5.74) is 1.06. The van der Waals surface area contributed by atoms with Gasteiger partial charge in [0.1, 0.15) is 0 Å². The first-order chi connectivity index (χ1) is 8.22. The fourth-order valence-corrected chi connectivity index (χ4v) is 3.51.